The van der Waals surface area contributed by atoms with Crippen LogP contribution in [0.2, 0.25) is 0 Å². The second-order valence-corrected chi connectivity index (χ2v) is 4.66. The summed E-state index contributed by atoms with van der Waals surface area (Å²) in [5.41, 5.74) is 0. The molecule has 0 aromatic heterocycles. The van der Waals surface area contributed by atoms with Crippen LogP contribution in [-0.2, 0) is 9.53 Å². The SMILES string of the molecule is CN(CC1CCC1)C(=O)COC1CNC1. The molecule has 0 bridgehead atoms. The average Bonchev–Trinajstić information content (AvgIpc) is 2.08. The van der Waals surface area contributed by atoms with E-state index in [0.717, 1.165) is 25.6 Å². The molecule has 4 nitrogen and oxygen atoms in total. The van der Waals surface area contributed by atoms with Crippen LogP contribution in [0.15, 0.2) is 0 Å². The molecule has 0 aromatic rings. The minimum absolute atomic E-state index is 0.119. The molecule has 1 heterocycles. The molecular weight excluding hydrogens is 192 g/mol. The molecule has 0 atom stereocenters. The van der Waals surface area contributed by atoms with Crippen LogP contribution in [0.4, 0.5) is 0 Å². The highest BCUT2D eigenvalue weighted by molar-refractivity contribution is 5.77. The zero-order valence-corrected chi connectivity index (χ0v) is 9.37. The number of rotatable bonds is 5. The number of likely N-dealkylation sites (N-methyl/N-ethyl adjacent to an activating group) is 1. The third-order valence-corrected chi connectivity index (χ3v) is 3.37. The van der Waals surface area contributed by atoms with Crippen LogP contribution in [0.5, 0.6) is 0 Å². The van der Waals surface area contributed by atoms with Crippen LogP contribution < -0.4 is 5.32 Å². The monoisotopic (exact) mass is 212 g/mol. The van der Waals surface area contributed by atoms with Gasteiger partial charge in [0.05, 0.1) is 6.10 Å². The van der Waals surface area contributed by atoms with Gasteiger partial charge in [-0.25, -0.2) is 0 Å². The summed E-state index contributed by atoms with van der Waals surface area (Å²) in [6.07, 6.45) is 4.15. The summed E-state index contributed by atoms with van der Waals surface area (Å²) in [7, 11) is 1.88. The second kappa shape index (κ2) is 4.94. The largest absolute Gasteiger partial charge is 0.366 e. The van der Waals surface area contributed by atoms with Gasteiger partial charge in [0.15, 0.2) is 0 Å². The van der Waals surface area contributed by atoms with Crippen LogP contribution in [-0.4, -0.2) is 50.2 Å². The van der Waals surface area contributed by atoms with E-state index < -0.39 is 0 Å². The van der Waals surface area contributed by atoms with Gasteiger partial charge < -0.3 is 15.0 Å². The zero-order valence-electron chi connectivity index (χ0n) is 9.37. The number of nitrogens with zero attached hydrogens (tertiary/aromatic N) is 1. The summed E-state index contributed by atoms with van der Waals surface area (Å²) in [6, 6.07) is 0. The van der Waals surface area contributed by atoms with Crippen molar-refractivity contribution in [2.24, 2.45) is 5.92 Å². The Hall–Kier alpha value is -0.610. The van der Waals surface area contributed by atoms with Gasteiger partial charge in [-0.05, 0) is 18.8 Å². The predicted molar refractivity (Wildman–Crippen MR) is 57.6 cm³/mol. The minimum Gasteiger partial charge on any atom is -0.366 e. The average molecular weight is 212 g/mol. The third kappa shape index (κ3) is 2.92. The first kappa shape index (κ1) is 10.9. The first-order valence-corrected chi connectivity index (χ1v) is 5.82. The van der Waals surface area contributed by atoms with Gasteiger partial charge in [-0.3, -0.25) is 4.79 Å². The van der Waals surface area contributed by atoms with Crippen LogP contribution >= 0.6 is 0 Å². The van der Waals surface area contributed by atoms with Gasteiger partial charge in [-0.15, -0.1) is 0 Å². The van der Waals surface area contributed by atoms with E-state index in [2.05, 4.69) is 5.32 Å². The molecule has 1 saturated heterocycles. The topological polar surface area (TPSA) is 41.6 Å². The van der Waals surface area contributed by atoms with Gasteiger partial charge in [-0.1, -0.05) is 6.42 Å². The van der Waals surface area contributed by atoms with Crippen molar-refractivity contribution in [3.8, 4) is 0 Å². The van der Waals surface area contributed by atoms with E-state index in [1.807, 2.05) is 11.9 Å². The molecular formula is C11H20N2O2. The Morgan fingerprint density at radius 1 is 1.47 bits per heavy atom. The van der Waals surface area contributed by atoms with Gasteiger partial charge in [-0.2, -0.15) is 0 Å². The number of ether oxygens (including phenoxy) is 1. The van der Waals surface area contributed by atoms with E-state index >= 15 is 0 Å². The number of nitrogens with one attached hydrogen (secondary N) is 1. The van der Waals surface area contributed by atoms with E-state index in [1.54, 1.807) is 0 Å². The van der Waals surface area contributed by atoms with Crippen molar-refractivity contribution < 1.29 is 9.53 Å². The summed E-state index contributed by atoms with van der Waals surface area (Å²) in [5.74, 6) is 0.859. The third-order valence-electron chi connectivity index (χ3n) is 3.37. The predicted octanol–water partition coefficient (Wildman–Crippen LogP) is 0.233. The lowest BCUT2D eigenvalue weighted by Crippen LogP contribution is -2.49. The molecule has 2 aliphatic rings. The maximum atomic E-state index is 11.6. The summed E-state index contributed by atoms with van der Waals surface area (Å²) in [6.45, 7) is 2.93. The van der Waals surface area contributed by atoms with Gasteiger partial charge in [0.1, 0.15) is 6.61 Å². The van der Waals surface area contributed by atoms with Crippen LogP contribution in [0.3, 0.4) is 0 Å². The molecule has 15 heavy (non-hydrogen) atoms. The fourth-order valence-electron chi connectivity index (χ4n) is 1.84. The van der Waals surface area contributed by atoms with Crippen molar-refractivity contribution in [1.29, 1.82) is 0 Å². The highest BCUT2D eigenvalue weighted by Crippen LogP contribution is 2.26. The summed E-state index contributed by atoms with van der Waals surface area (Å²) in [5, 5.41) is 3.11. The number of hydrogen-bond acceptors (Lipinski definition) is 3. The Morgan fingerprint density at radius 2 is 2.20 bits per heavy atom. The summed E-state index contributed by atoms with van der Waals surface area (Å²) >= 11 is 0. The normalized spacial score (nSPS) is 21.9. The lowest BCUT2D eigenvalue weighted by molar-refractivity contribution is -0.138. The zero-order chi connectivity index (χ0) is 10.7. The standard InChI is InChI=1S/C11H20N2O2/c1-13(7-9-3-2-4-9)11(14)8-15-10-5-12-6-10/h9-10,12H,2-8H2,1H3. The first-order chi connectivity index (χ1) is 7.25. The molecule has 1 saturated carbocycles. The number of hydrogen-bond donors (Lipinski definition) is 1. The molecule has 0 spiro atoms. The van der Waals surface area contributed by atoms with Gasteiger partial charge in [0, 0.05) is 26.7 Å². The Labute approximate surface area is 91.0 Å². The molecule has 0 radical (unpaired) electrons. The molecule has 2 fully saturated rings. The van der Waals surface area contributed by atoms with E-state index in [-0.39, 0.29) is 18.6 Å². The van der Waals surface area contributed by atoms with E-state index in [1.165, 1.54) is 19.3 Å². The molecule has 1 aliphatic carbocycles. The van der Waals surface area contributed by atoms with Crippen molar-refractivity contribution in [2.45, 2.75) is 25.4 Å². The lowest BCUT2D eigenvalue weighted by Gasteiger charge is -2.31. The maximum absolute atomic E-state index is 11.6. The molecule has 1 aliphatic heterocycles. The molecule has 4 heteroatoms. The van der Waals surface area contributed by atoms with Crippen molar-refractivity contribution in [2.75, 3.05) is 33.3 Å². The van der Waals surface area contributed by atoms with Gasteiger partial charge >= 0.3 is 0 Å². The number of amides is 1. The fourth-order valence-corrected chi connectivity index (χ4v) is 1.84. The Bertz CT molecular complexity index is 225. The highest BCUT2D eigenvalue weighted by atomic mass is 16.5. The highest BCUT2D eigenvalue weighted by Gasteiger charge is 2.23. The second-order valence-electron chi connectivity index (χ2n) is 4.66. The molecule has 0 aromatic carbocycles. The van der Waals surface area contributed by atoms with Gasteiger partial charge in [0.25, 0.3) is 0 Å². The van der Waals surface area contributed by atoms with Crippen molar-refractivity contribution >= 4 is 5.91 Å². The Morgan fingerprint density at radius 3 is 2.67 bits per heavy atom. The Kier molecular flexibility index (Phi) is 3.59. The molecule has 2 rings (SSSR count). The first-order valence-electron chi connectivity index (χ1n) is 5.82. The maximum Gasteiger partial charge on any atom is 0.248 e. The van der Waals surface area contributed by atoms with Crippen molar-refractivity contribution in [3.05, 3.63) is 0 Å². The molecule has 86 valence electrons. The smallest absolute Gasteiger partial charge is 0.248 e. The number of carbonyl (C=O) groups is 1. The quantitative estimate of drug-likeness (QED) is 0.709. The van der Waals surface area contributed by atoms with Crippen molar-refractivity contribution in [1.82, 2.24) is 10.2 Å². The molecule has 1 N–H and O–H groups in total. The minimum atomic E-state index is 0.119. The van der Waals surface area contributed by atoms with Crippen molar-refractivity contribution in [3.63, 3.8) is 0 Å². The number of carbonyl (C=O) groups excluding carboxylic acids is 1. The molecule has 0 unspecified atom stereocenters. The van der Waals surface area contributed by atoms with Crippen LogP contribution in [0.1, 0.15) is 19.3 Å². The fraction of sp³-hybridized carbons (Fsp3) is 0.909. The van der Waals surface area contributed by atoms with E-state index in [0.29, 0.717) is 0 Å². The van der Waals surface area contributed by atoms with E-state index in [4.69, 9.17) is 4.74 Å². The summed E-state index contributed by atoms with van der Waals surface area (Å²) < 4.78 is 5.44. The van der Waals surface area contributed by atoms with Gasteiger partial charge in [0.2, 0.25) is 5.91 Å². The summed E-state index contributed by atoms with van der Waals surface area (Å²) in [4.78, 5) is 13.5. The lowest BCUT2D eigenvalue weighted by atomic mass is 9.85. The van der Waals surface area contributed by atoms with E-state index in [9.17, 15) is 4.79 Å². The van der Waals surface area contributed by atoms with Crippen LogP contribution in [0, 0.1) is 5.92 Å². The Balaban J connectivity index is 1.60. The molecule has 1 amide bonds. The van der Waals surface area contributed by atoms with Crippen LogP contribution in [0.25, 0.3) is 0 Å².